The van der Waals surface area contributed by atoms with Gasteiger partial charge in [-0.1, -0.05) is 29.8 Å². The summed E-state index contributed by atoms with van der Waals surface area (Å²) in [6.45, 7) is 2.09. The number of nitrogens with two attached hydrogens (primary N) is 1. The molecule has 1 aromatic heterocycles. The van der Waals surface area contributed by atoms with E-state index in [1.807, 2.05) is 14.1 Å². The van der Waals surface area contributed by atoms with Crippen LogP contribution in [0.5, 0.6) is 0 Å². The molecule has 5 nitrogen and oxygen atoms in total. The van der Waals surface area contributed by atoms with Crippen molar-refractivity contribution >= 4 is 34.4 Å². The zero-order chi connectivity index (χ0) is 16.1. The van der Waals surface area contributed by atoms with Gasteiger partial charge < -0.3 is 11.1 Å². The van der Waals surface area contributed by atoms with Gasteiger partial charge in [0.05, 0.1) is 10.6 Å². The van der Waals surface area contributed by atoms with Crippen LogP contribution >= 0.6 is 23.6 Å². The van der Waals surface area contributed by atoms with E-state index in [0.29, 0.717) is 0 Å². The first-order chi connectivity index (χ1) is 10.5. The minimum Gasteiger partial charge on any atom is -0.387 e. The molecule has 0 fully saturated rings. The molecular weight excluding hydrogens is 314 g/mol. The van der Waals surface area contributed by atoms with E-state index < -0.39 is 0 Å². The van der Waals surface area contributed by atoms with Crippen LogP contribution in [0.25, 0.3) is 10.4 Å². The van der Waals surface area contributed by atoms with Crippen molar-refractivity contribution in [2.24, 2.45) is 5.73 Å². The monoisotopic (exact) mass is 335 g/mol. The molecule has 118 valence electrons. The summed E-state index contributed by atoms with van der Waals surface area (Å²) in [5.41, 5.74) is 14.9. The summed E-state index contributed by atoms with van der Waals surface area (Å²) in [4.78, 5) is 2.33. The van der Waals surface area contributed by atoms with Gasteiger partial charge in [0.1, 0.15) is 6.17 Å². The summed E-state index contributed by atoms with van der Waals surface area (Å²) < 4.78 is 0. The van der Waals surface area contributed by atoms with E-state index in [0.717, 1.165) is 10.6 Å². The molecule has 2 aromatic rings. The molecule has 0 aliphatic carbocycles. The largest absolute Gasteiger partial charge is 0.387 e. The fraction of sp³-hybridized carbons (Fsp3) is 0.267. The van der Waals surface area contributed by atoms with Crippen molar-refractivity contribution < 1.29 is 0 Å². The lowest BCUT2D eigenvalue weighted by Crippen LogP contribution is -2.46. The van der Waals surface area contributed by atoms with Crippen molar-refractivity contribution in [1.82, 2.24) is 16.2 Å². The SMILES string of the molecule is CNc1cc(-c2ccc(C)cc2)sc1C(NC)NNC(N)=S. The lowest BCUT2D eigenvalue weighted by molar-refractivity contribution is 0.460. The molecule has 1 heterocycles. The standard InChI is InChI=1S/C15H21N5S2/c1-9-4-6-10(7-5-9)12-8-11(17-2)13(22-12)14(18-3)19-20-15(16)21/h4-8,14,17-19H,1-3H3,(H3,16,20,21). The molecule has 0 amide bonds. The molecule has 0 spiro atoms. The van der Waals surface area contributed by atoms with E-state index in [1.54, 1.807) is 11.3 Å². The molecule has 1 aromatic carbocycles. The number of nitrogens with one attached hydrogen (secondary N) is 4. The number of thiocarbonyl (C=S) groups is 1. The second kappa shape index (κ2) is 7.55. The van der Waals surface area contributed by atoms with Crippen molar-refractivity contribution in [3.63, 3.8) is 0 Å². The second-order valence-corrected chi connectivity index (χ2v) is 6.38. The van der Waals surface area contributed by atoms with Gasteiger partial charge in [-0.25, -0.2) is 5.43 Å². The topological polar surface area (TPSA) is 74.1 Å². The Labute approximate surface area is 140 Å². The summed E-state index contributed by atoms with van der Waals surface area (Å²) >= 11 is 6.55. The van der Waals surface area contributed by atoms with Gasteiger partial charge in [-0.05, 0) is 37.8 Å². The summed E-state index contributed by atoms with van der Waals surface area (Å²) in [6.07, 6.45) is -0.104. The number of anilines is 1. The Morgan fingerprint density at radius 2 is 1.91 bits per heavy atom. The lowest BCUT2D eigenvalue weighted by Gasteiger charge is -2.18. The van der Waals surface area contributed by atoms with Crippen molar-refractivity contribution in [3.8, 4) is 10.4 Å². The van der Waals surface area contributed by atoms with Gasteiger partial charge in [-0.3, -0.25) is 10.7 Å². The van der Waals surface area contributed by atoms with Gasteiger partial charge in [-0.15, -0.1) is 11.3 Å². The Hall–Kier alpha value is -1.67. The number of hydrogen-bond donors (Lipinski definition) is 5. The quantitative estimate of drug-likeness (QED) is 0.317. The van der Waals surface area contributed by atoms with Crippen LogP contribution in [0, 0.1) is 6.92 Å². The third kappa shape index (κ3) is 3.95. The molecule has 0 aliphatic heterocycles. The average molecular weight is 336 g/mol. The maximum atomic E-state index is 5.47. The highest BCUT2D eigenvalue weighted by atomic mass is 32.1. The molecule has 0 saturated heterocycles. The molecule has 2 rings (SSSR count). The van der Waals surface area contributed by atoms with Crippen LogP contribution in [0.2, 0.25) is 0 Å². The van der Waals surface area contributed by atoms with E-state index in [4.69, 9.17) is 18.0 Å². The molecule has 0 bridgehead atoms. The van der Waals surface area contributed by atoms with Crippen LogP contribution < -0.4 is 27.2 Å². The van der Waals surface area contributed by atoms with E-state index in [2.05, 4.69) is 58.7 Å². The molecule has 0 aliphatic rings. The fourth-order valence-electron chi connectivity index (χ4n) is 2.09. The summed E-state index contributed by atoms with van der Waals surface area (Å²) in [5.74, 6) is 0. The first-order valence-electron chi connectivity index (χ1n) is 6.92. The number of thiophene rings is 1. The molecule has 0 radical (unpaired) electrons. The molecule has 1 unspecified atom stereocenters. The average Bonchev–Trinajstić information content (AvgIpc) is 2.92. The molecule has 0 saturated carbocycles. The maximum absolute atomic E-state index is 5.47. The Balaban J connectivity index is 2.30. The smallest absolute Gasteiger partial charge is 0.178 e. The molecule has 1 atom stereocenters. The Morgan fingerprint density at radius 3 is 2.45 bits per heavy atom. The Morgan fingerprint density at radius 1 is 1.23 bits per heavy atom. The van der Waals surface area contributed by atoms with Crippen molar-refractivity contribution in [2.45, 2.75) is 13.1 Å². The van der Waals surface area contributed by atoms with Crippen LogP contribution in [-0.2, 0) is 0 Å². The van der Waals surface area contributed by atoms with Gasteiger partial charge in [-0.2, -0.15) is 0 Å². The van der Waals surface area contributed by atoms with Crippen LogP contribution in [0.4, 0.5) is 5.69 Å². The molecule has 7 heteroatoms. The van der Waals surface area contributed by atoms with Gasteiger partial charge in [0, 0.05) is 11.9 Å². The van der Waals surface area contributed by atoms with Crippen molar-refractivity contribution in [3.05, 3.63) is 40.8 Å². The normalized spacial score (nSPS) is 12.0. The van der Waals surface area contributed by atoms with Gasteiger partial charge in [0.25, 0.3) is 0 Å². The molecule has 6 N–H and O–H groups in total. The lowest BCUT2D eigenvalue weighted by atomic mass is 10.1. The second-order valence-electron chi connectivity index (χ2n) is 4.86. The minimum absolute atomic E-state index is 0.104. The molecule has 22 heavy (non-hydrogen) atoms. The Bertz CT molecular complexity index is 636. The maximum Gasteiger partial charge on any atom is 0.178 e. The number of rotatable bonds is 6. The third-order valence-corrected chi connectivity index (χ3v) is 4.61. The summed E-state index contributed by atoms with van der Waals surface area (Å²) in [5, 5.41) is 6.65. The minimum atomic E-state index is -0.104. The summed E-state index contributed by atoms with van der Waals surface area (Å²) in [7, 11) is 3.79. The number of hydrogen-bond acceptors (Lipinski definition) is 5. The van der Waals surface area contributed by atoms with Crippen LogP contribution in [0.3, 0.4) is 0 Å². The predicted molar refractivity (Wildman–Crippen MR) is 98.9 cm³/mol. The van der Waals surface area contributed by atoms with Crippen molar-refractivity contribution in [1.29, 1.82) is 0 Å². The van der Waals surface area contributed by atoms with E-state index in [1.165, 1.54) is 16.0 Å². The van der Waals surface area contributed by atoms with Gasteiger partial charge in [0.2, 0.25) is 0 Å². The Kier molecular flexibility index (Phi) is 5.73. The zero-order valence-corrected chi connectivity index (χ0v) is 14.5. The van der Waals surface area contributed by atoms with Gasteiger partial charge in [0.15, 0.2) is 5.11 Å². The van der Waals surface area contributed by atoms with Crippen LogP contribution in [0.1, 0.15) is 16.6 Å². The van der Waals surface area contributed by atoms with E-state index in [-0.39, 0.29) is 11.3 Å². The number of hydrazine groups is 1. The third-order valence-electron chi connectivity index (χ3n) is 3.26. The van der Waals surface area contributed by atoms with E-state index >= 15 is 0 Å². The highest BCUT2D eigenvalue weighted by molar-refractivity contribution is 7.80. The molecular formula is C15H21N5S2. The highest BCUT2D eigenvalue weighted by Gasteiger charge is 2.17. The number of aryl methyl sites for hydroxylation is 1. The van der Waals surface area contributed by atoms with Crippen LogP contribution in [-0.4, -0.2) is 19.2 Å². The predicted octanol–water partition coefficient (Wildman–Crippen LogP) is 2.32. The fourth-order valence-corrected chi connectivity index (χ4v) is 3.38. The van der Waals surface area contributed by atoms with Crippen LogP contribution in [0.15, 0.2) is 30.3 Å². The van der Waals surface area contributed by atoms with Gasteiger partial charge >= 0.3 is 0 Å². The first-order valence-corrected chi connectivity index (χ1v) is 8.14. The summed E-state index contributed by atoms with van der Waals surface area (Å²) in [6, 6.07) is 10.7. The van der Waals surface area contributed by atoms with E-state index in [9.17, 15) is 0 Å². The van der Waals surface area contributed by atoms with Crippen molar-refractivity contribution in [2.75, 3.05) is 19.4 Å². The first kappa shape index (κ1) is 16.7. The zero-order valence-electron chi connectivity index (χ0n) is 12.9. The number of benzene rings is 1. The highest BCUT2D eigenvalue weighted by Crippen LogP contribution is 2.37.